The molecule has 3 aromatic carbocycles. The minimum Gasteiger partial charge on any atom is -0.481 e. The Labute approximate surface area is 216 Å². The van der Waals surface area contributed by atoms with Gasteiger partial charge in [0.2, 0.25) is 0 Å². The fourth-order valence-corrected chi connectivity index (χ4v) is 6.34. The van der Waals surface area contributed by atoms with Gasteiger partial charge in [-0.3, -0.25) is 9.10 Å². The van der Waals surface area contributed by atoms with Crippen LogP contribution in [0.2, 0.25) is 5.02 Å². The second-order valence-electron chi connectivity index (χ2n) is 7.88. The lowest BCUT2D eigenvalue weighted by molar-refractivity contribution is -0.136. The molecule has 0 aliphatic rings. The number of carboxylic acids is 1. The second-order valence-corrected chi connectivity index (χ2v) is 11.4. The van der Waals surface area contributed by atoms with E-state index >= 15 is 0 Å². The fraction of sp³-hybridized carbons (Fsp3) is 0.240. The van der Waals surface area contributed by atoms with E-state index in [-0.39, 0.29) is 11.3 Å². The lowest BCUT2D eigenvalue weighted by Gasteiger charge is -2.32. The summed E-state index contributed by atoms with van der Waals surface area (Å²) in [5.41, 5.74) is 0.374. The fourth-order valence-electron chi connectivity index (χ4n) is 3.69. The van der Waals surface area contributed by atoms with Gasteiger partial charge in [0.25, 0.3) is 10.0 Å². The SMILES string of the molecule is C[C@H](c1ccc(F)cc1CCSCCC(=O)O)N(c1cc(F)ccc1F)S(=O)(=O)c1ccc(Cl)cc1. The smallest absolute Gasteiger partial charge is 0.304 e. The summed E-state index contributed by atoms with van der Waals surface area (Å²) in [6.45, 7) is 1.51. The van der Waals surface area contributed by atoms with Crippen LogP contribution < -0.4 is 4.31 Å². The molecule has 0 radical (unpaired) electrons. The molecule has 3 rings (SSSR count). The van der Waals surface area contributed by atoms with Crippen LogP contribution in [0.5, 0.6) is 0 Å². The molecule has 11 heteroatoms. The van der Waals surface area contributed by atoms with Crippen LogP contribution in [-0.2, 0) is 21.2 Å². The number of carbonyl (C=O) groups is 1. The van der Waals surface area contributed by atoms with Gasteiger partial charge in [0.1, 0.15) is 17.5 Å². The van der Waals surface area contributed by atoms with E-state index in [1.807, 2.05) is 0 Å². The van der Waals surface area contributed by atoms with Gasteiger partial charge >= 0.3 is 5.97 Å². The van der Waals surface area contributed by atoms with Gasteiger partial charge in [-0.25, -0.2) is 21.6 Å². The number of nitrogens with zero attached hydrogens (tertiary/aromatic N) is 1. The summed E-state index contributed by atoms with van der Waals surface area (Å²) in [6, 6.07) is 10.6. The molecule has 3 aromatic rings. The maximum absolute atomic E-state index is 14.9. The highest BCUT2D eigenvalue weighted by molar-refractivity contribution is 7.99. The number of thioether (sulfide) groups is 1. The molecule has 0 bridgehead atoms. The number of carboxylic acid groups (broad SMARTS) is 1. The van der Waals surface area contributed by atoms with Gasteiger partial charge in [0.05, 0.1) is 23.0 Å². The van der Waals surface area contributed by atoms with E-state index < -0.39 is 45.2 Å². The van der Waals surface area contributed by atoms with Crippen molar-refractivity contribution in [3.63, 3.8) is 0 Å². The van der Waals surface area contributed by atoms with Gasteiger partial charge < -0.3 is 5.11 Å². The molecule has 0 aromatic heterocycles. The third-order valence-electron chi connectivity index (χ3n) is 5.40. The Morgan fingerprint density at radius 3 is 2.31 bits per heavy atom. The van der Waals surface area contributed by atoms with Gasteiger partial charge in [-0.05, 0) is 78.8 Å². The number of hydrogen-bond donors (Lipinski definition) is 1. The van der Waals surface area contributed by atoms with Crippen molar-refractivity contribution in [2.24, 2.45) is 0 Å². The van der Waals surface area contributed by atoms with Gasteiger partial charge in [-0.15, -0.1) is 0 Å². The topological polar surface area (TPSA) is 74.7 Å². The molecule has 0 aliphatic heterocycles. The third-order valence-corrected chi connectivity index (χ3v) is 8.54. The van der Waals surface area contributed by atoms with E-state index in [2.05, 4.69) is 0 Å². The Bertz CT molecular complexity index is 1340. The number of benzene rings is 3. The molecule has 0 heterocycles. The zero-order valence-electron chi connectivity index (χ0n) is 19.1. The first-order chi connectivity index (χ1) is 17.0. The van der Waals surface area contributed by atoms with E-state index in [0.717, 1.165) is 22.5 Å². The molecule has 0 spiro atoms. The van der Waals surface area contributed by atoms with Crippen LogP contribution in [0.25, 0.3) is 0 Å². The molecule has 0 saturated heterocycles. The quantitative estimate of drug-likeness (QED) is 0.274. The van der Waals surface area contributed by atoms with Crippen LogP contribution in [0.3, 0.4) is 0 Å². The van der Waals surface area contributed by atoms with Crippen molar-refractivity contribution < 1.29 is 31.5 Å². The summed E-state index contributed by atoms with van der Waals surface area (Å²) in [4.78, 5) is 10.5. The van der Waals surface area contributed by atoms with Gasteiger partial charge in [0, 0.05) is 16.8 Å². The van der Waals surface area contributed by atoms with Crippen LogP contribution in [0.15, 0.2) is 65.6 Å². The van der Waals surface area contributed by atoms with Crippen molar-refractivity contribution >= 4 is 45.0 Å². The highest BCUT2D eigenvalue weighted by Gasteiger charge is 2.33. The van der Waals surface area contributed by atoms with E-state index in [4.69, 9.17) is 16.7 Å². The Morgan fingerprint density at radius 1 is 1.00 bits per heavy atom. The molecule has 0 aliphatic carbocycles. The van der Waals surface area contributed by atoms with Gasteiger partial charge in [-0.2, -0.15) is 11.8 Å². The maximum Gasteiger partial charge on any atom is 0.304 e. The first-order valence-corrected chi connectivity index (χ1v) is 13.8. The van der Waals surface area contributed by atoms with Crippen LogP contribution in [0.4, 0.5) is 18.9 Å². The Hall–Kier alpha value is -2.69. The minimum atomic E-state index is -4.42. The molecule has 192 valence electrons. The summed E-state index contributed by atoms with van der Waals surface area (Å²) >= 11 is 7.26. The Morgan fingerprint density at radius 2 is 1.64 bits per heavy atom. The van der Waals surface area contributed by atoms with E-state index in [1.165, 1.54) is 61.2 Å². The highest BCUT2D eigenvalue weighted by atomic mass is 35.5. The summed E-state index contributed by atoms with van der Waals surface area (Å²) < 4.78 is 71.4. The standard InChI is InChI=1S/C25H23ClF3NO4S2/c1-16(22-8-4-19(27)14-17(22)10-12-35-13-11-25(31)32)30(24-15-20(28)5-9-23(24)29)36(33,34)21-6-2-18(26)3-7-21/h2-9,14-16H,10-13H2,1H3,(H,31,32)/t16-/m1/s1. The molecule has 0 amide bonds. The number of aryl methyl sites for hydroxylation is 1. The van der Waals surface area contributed by atoms with Gasteiger partial charge in [-0.1, -0.05) is 17.7 Å². The number of hydrogen-bond acceptors (Lipinski definition) is 4. The van der Waals surface area contributed by atoms with Crippen molar-refractivity contribution in [1.29, 1.82) is 0 Å². The van der Waals surface area contributed by atoms with Crippen molar-refractivity contribution in [3.05, 3.63) is 94.3 Å². The van der Waals surface area contributed by atoms with Gasteiger partial charge in [0.15, 0.2) is 0 Å². The van der Waals surface area contributed by atoms with Crippen LogP contribution in [0.1, 0.15) is 30.5 Å². The predicted octanol–water partition coefficient (Wildman–Crippen LogP) is 6.46. The number of sulfonamides is 1. The Balaban J connectivity index is 2.06. The van der Waals surface area contributed by atoms with Crippen LogP contribution in [-0.4, -0.2) is 31.0 Å². The molecular formula is C25H23ClF3NO4S2. The monoisotopic (exact) mass is 557 g/mol. The second kappa shape index (κ2) is 12.0. The average Bonchev–Trinajstić information content (AvgIpc) is 2.81. The highest BCUT2D eigenvalue weighted by Crippen LogP contribution is 2.37. The molecule has 36 heavy (non-hydrogen) atoms. The summed E-state index contributed by atoms with van der Waals surface area (Å²) in [6.07, 6.45) is 0.283. The van der Waals surface area contributed by atoms with Crippen molar-refractivity contribution in [2.75, 3.05) is 15.8 Å². The molecule has 1 atom stereocenters. The van der Waals surface area contributed by atoms with E-state index in [1.54, 1.807) is 0 Å². The molecule has 1 N–H and O–H groups in total. The lowest BCUT2D eigenvalue weighted by Crippen LogP contribution is -2.35. The molecular weight excluding hydrogens is 535 g/mol. The molecule has 0 fully saturated rings. The largest absolute Gasteiger partial charge is 0.481 e. The summed E-state index contributed by atoms with van der Waals surface area (Å²) in [5.74, 6) is -2.43. The summed E-state index contributed by atoms with van der Waals surface area (Å²) in [5, 5.41) is 9.09. The first-order valence-electron chi connectivity index (χ1n) is 10.8. The maximum atomic E-state index is 14.9. The summed E-state index contributed by atoms with van der Waals surface area (Å²) in [7, 11) is -4.42. The average molecular weight is 558 g/mol. The predicted molar refractivity (Wildman–Crippen MR) is 136 cm³/mol. The van der Waals surface area contributed by atoms with Crippen molar-refractivity contribution in [1.82, 2.24) is 0 Å². The van der Waals surface area contributed by atoms with Crippen LogP contribution in [0, 0.1) is 17.5 Å². The number of rotatable bonds is 11. The third kappa shape index (κ3) is 6.74. The number of halogens is 4. The normalized spacial score (nSPS) is 12.4. The van der Waals surface area contributed by atoms with Crippen molar-refractivity contribution in [3.8, 4) is 0 Å². The van der Waals surface area contributed by atoms with E-state index in [0.29, 0.717) is 34.1 Å². The zero-order valence-corrected chi connectivity index (χ0v) is 21.5. The number of anilines is 1. The molecule has 5 nitrogen and oxygen atoms in total. The first kappa shape index (κ1) is 27.9. The van der Waals surface area contributed by atoms with Crippen molar-refractivity contribution in [2.45, 2.75) is 30.7 Å². The lowest BCUT2D eigenvalue weighted by atomic mass is 9.99. The minimum absolute atomic E-state index is 0.0248. The number of aliphatic carboxylic acids is 1. The molecule has 0 saturated carbocycles. The zero-order chi connectivity index (χ0) is 26.5. The molecule has 0 unspecified atom stereocenters. The van der Waals surface area contributed by atoms with E-state index in [9.17, 15) is 26.4 Å². The Kier molecular flexibility index (Phi) is 9.32. The van der Waals surface area contributed by atoms with Crippen LogP contribution >= 0.6 is 23.4 Å².